The van der Waals surface area contributed by atoms with E-state index in [2.05, 4.69) is 4.98 Å². The standard InChI is InChI=1S/C11H12Cl2N2O/c1-7-3-2-6-15(7)11(16)10-8(12)4-5-9(13)14-10/h4-5,7H,2-3,6H2,1H3. The van der Waals surface area contributed by atoms with Crippen LogP contribution in [0.15, 0.2) is 12.1 Å². The second-order valence-corrected chi connectivity index (χ2v) is 4.75. The van der Waals surface area contributed by atoms with Crippen molar-refractivity contribution in [1.29, 1.82) is 0 Å². The third kappa shape index (κ3) is 2.15. The van der Waals surface area contributed by atoms with Gasteiger partial charge in [-0.2, -0.15) is 0 Å². The number of halogens is 2. The summed E-state index contributed by atoms with van der Waals surface area (Å²) in [5.41, 5.74) is 0.253. The highest BCUT2D eigenvalue weighted by atomic mass is 35.5. The van der Waals surface area contributed by atoms with Crippen LogP contribution in [0.1, 0.15) is 30.3 Å². The van der Waals surface area contributed by atoms with Gasteiger partial charge in [0, 0.05) is 12.6 Å². The smallest absolute Gasteiger partial charge is 0.274 e. The largest absolute Gasteiger partial charge is 0.335 e. The average molecular weight is 259 g/mol. The van der Waals surface area contributed by atoms with Gasteiger partial charge in [-0.15, -0.1) is 0 Å². The van der Waals surface area contributed by atoms with E-state index in [9.17, 15) is 4.79 Å². The number of hydrogen-bond acceptors (Lipinski definition) is 2. The van der Waals surface area contributed by atoms with Crippen molar-refractivity contribution in [3.8, 4) is 0 Å². The highest BCUT2D eigenvalue weighted by Crippen LogP contribution is 2.23. The molecule has 3 nitrogen and oxygen atoms in total. The first kappa shape index (κ1) is 11.7. The van der Waals surface area contributed by atoms with Gasteiger partial charge in [0.05, 0.1) is 5.02 Å². The maximum Gasteiger partial charge on any atom is 0.274 e. The molecule has 1 aliphatic rings. The van der Waals surface area contributed by atoms with Gasteiger partial charge in [0.2, 0.25) is 0 Å². The SMILES string of the molecule is CC1CCCN1C(=O)c1nc(Cl)ccc1Cl. The molecule has 16 heavy (non-hydrogen) atoms. The van der Waals surface area contributed by atoms with Crippen LogP contribution >= 0.6 is 23.2 Å². The first-order valence-electron chi connectivity index (χ1n) is 5.22. The first-order valence-corrected chi connectivity index (χ1v) is 5.98. The highest BCUT2D eigenvalue weighted by Gasteiger charge is 2.28. The van der Waals surface area contributed by atoms with Crippen molar-refractivity contribution in [2.24, 2.45) is 0 Å². The Morgan fingerprint density at radius 1 is 1.50 bits per heavy atom. The number of nitrogens with zero attached hydrogens (tertiary/aromatic N) is 2. The van der Waals surface area contributed by atoms with E-state index in [1.54, 1.807) is 17.0 Å². The molecule has 1 atom stereocenters. The molecule has 0 saturated carbocycles. The molecule has 0 radical (unpaired) electrons. The zero-order chi connectivity index (χ0) is 11.7. The van der Waals surface area contributed by atoms with Crippen LogP contribution in [0.25, 0.3) is 0 Å². The number of carbonyl (C=O) groups is 1. The molecular weight excluding hydrogens is 247 g/mol. The zero-order valence-electron chi connectivity index (χ0n) is 8.91. The molecule has 1 unspecified atom stereocenters. The van der Waals surface area contributed by atoms with Gasteiger partial charge in [-0.3, -0.25) is 4.79 Å². The number of likely N-dealkylation sites (tertiary alicyclic amines) is 1. The molecule has 1 aromatic heterocycles. The zero-order valence-corrected chi connectivity index (χ0v) is 10.4. The van der Waals surface area contributed by atoms with Crippen LogP contribution in [-0.4, -0.2) is 28.4 Å². The average Bonchev–Trinajstić information content (AvgIpc) is 2.67. The van der Waals surface area contributed by atoms with Crippen LogP contribution in [0, 0.1) is 0 Å². The van der Waals surface area contributed by atoms with E-state index in [4.69, 9.17) is 23.2 Å². The molecule has 0 aliphatic carbocycles. The Kier molecular flexibility index (Phi) is 3.36. The number of aromatic nitrogens is 1. The van der Waals surface area contributed by atoms with Gasteiger partial charge in [0.15, 0.2) is 0 Å². The van der Waals surface area contributed by atoms with Gasteiger partial charge in [-0.25, -0.2) is 4.98 Å². The summed E-state index contributed by atoms with van der Waals surface area (Å²) < 4.78 is 0. The Morgan fingerprint density at radius 2 is 2.25 bits per heavy atom. The van der Waals surface area contributed by atoms with Gasteiger partial charge in [0.25, 0.3) is 5.91 Å². The number of hydrogen-bond donors (Lipinski definition) is 0. The third-order valence-corrected chi connectivity index (χ3v) is 3.34. The van der Waals surface area contributed by atoms with Crippen molar-refractivity contribution in [3.63, 3.8) is 0 Å². The maximum atomic E-state index is 12.2. The third-order valence-electron chi connectivity index (χ3n) is 2.83. The summed E-state index contributed by atoms with van der Waals surface area (Å²) in [7, 11) is 0. The maximum absolute atomic E-state index is 12.2. The second-order valence-electron chi connectivity index (χ2n) is 3.95. The van der Waals surface area contributed by atoms with Crippen LogP contribution in [0.5, 0.6) is 0 Å². The van der Waals surface area contributed by atoms with Crippen LogP contribution in [0.4, 0.5) is 0 Å². The summed E-state index contributed by atoms with van der Waals surface area (Å²) in [5, 5.41) is 0.646. The topological polar surface area (TPSA) is 33.2 Å². The van der Waals surface area contributed by atoms with E-state index in [1.165, 1.54) is 0 Å². The van der Waals surface area contributed by atoms with E-state index in [1.807, 2.05) is 6.92 Å². The number of rotatable bonds is 1. The van der Waals surface area contributed by atoms with E-state index in [-0.39, 0.29) is 17.6 Å². The lowest BCUT2D eigenvalue weighted by Gasteiger charge is -2.21. The van der Waals surface area contributed by atoms with Crippen molar-refractivity contribution in [3.05, 3.63) is 28.0 Å². The summed E-state index contributed by atoms with van der Waals surface area (Å²) in [4.78, 5) is 17.9. The molecule has 5 heteroatoms. The summed E-state index contributed by atoms with van der Waals surface area (Å²) >= 11 is 11.7. The fourth-order valence-corrected chi connectivity index (χ4v) is 2.27. The molecule has 0 bridgehead atoms. The highest BCUT2D eigenvalue weighted by molar-refractivity contribution is 6.34. The fourth-order valence-electron chi connectivity index (χ4n) is 1.94. The van der Waals surface area contributed by atoms with Gasteiger partial charge < -0.3 is 4.90 Å². The predicted molar refractivity (Wildman–Crippen MR) is 64.0 cm³/mol. The normalized spacial score (nSPS) is 20.2. The van der Waals surface area contributed by atoms with Crippen LogP contribution in [-0.2, 0) is 0 Å². The van der Waals surface area contributed by atoms with E-state index in [0.717, 1.165) is 19.4 Å². The minimum atomic E-state index is -0.127. The van der Waals surface area contributed by atoms with Crippen molar-refractivity contribution in [2.75, 3.05) is 6.54 Å². The molecule has 1 fully saturated rings. The van der Waals surface area contributed by atoms with Crippen molar-refractivity contribution in [1.82, 2.24) is 9.88 Å². The van der Waals surface area contributed by atoms with E-state index >= 15 is 0 Å². The van der Waals surface area contributed by atoms with E-state index in [0.29, 0.717) is 10.2 Å². The Hall–Kier alpha value is -0.800. The van der Waals surface area contributed by atoms with Crippen LogP contribution in [0.2, 0.25) is 10.2 Å². The molecule has 2 heterocycles. The lowest BCUT2D eigenvalue weighted by Crippen LogP contribution is -2.34. The van der Waals surface area contributed by atoms with Crippen molar-refractivity contribution < 1.29 is 4.79 Å². The number of carbonyl (C=O) groups excluding carboxylic acids is 1. The Labute approximate surface area is 104 Å². The van der Waals surface area contributed by atoms with Crippen LogP contribution in [0.3, 0.4) is 0 Å². The lowest BCUT2D eigenvalue weighted by atomic mass is 10.2. The van der Waals surface area contributed by atoms with Crippen LogP contribution < -0.4 is 0 Å². The molecule has 1 aromatic rings. The summed E-state index contributed by atoms with van der Waals surface area (Å²) in [5.74, 6) is -0.127. The summed E-state index contributed by atoms with van der Waals surface area (Å²) in [6, 6.07) is 3.43. The quantitative estimate of drug-likeness (QED) is 0.726. The van der Waals surface area contributed by atoms with Gasteiger partial charge >= 0.3 is 0 Å². The number of amides is 1. The Bertz CT molecular complexity index is 422. The fraction of sp³-hybridized carbons (Fsp3) is 0.455. The van der Waals surface area contributed by atoms with Gasteiger partial charge in [-0.05, 0) is 31.9 Å². The summed E-state index contributed by atoms with van der Waals surface area (Å²) in [6.07, 6.45) is 2.06. The second kappa shape index (κ2) is 4.60. The molecule has 2 rings (SSSR count). The monoisotopic (exact) mass is 258 g/mol. The summed E-state index contributed by atoms with van der Waals surface area (Å²) in [6.45, 7) is 2.80. The van der Waals surface area contributed by atoms with Crippen molar-refractivity contribution in [2.45, 2.75) is 25.8 Å². The Morgan fingerprint density at radius 3 is 2.88 bits per heavy atom. The Balaban J connectivity index is 2.29. The molecule has 0 N–H and O–H groups in total. The molecule has 86 valence electrons. The first-order chi connectivity index (χ1) is 7.59. The predicted octanol–water partition coefficient (Wildman–Crippen LogP) is 3.01. The van der Waals surface area contributed by atoms with Gasteiger partial charge in [0.1, 0.15) is 10.8 Å². The van der Waals surface area contributed by atoms with E-state index < -0.39 is 0 Å². The number of pyridine rings is 1. The van der Waals surface area contributed by atoms with Crippen molar-refractivity contribution >= 4 is 29.1 Å². The molecular formula is C11H12Cl2N2O. The van der Waals surface area contributed by atoms with Gasteiger partial charge in [-0.1, -0.05) is 23.2 Å². The molecule has 1 amide bonds. The minimum absolute atomic E-state index is 0.127. The minimum Gasteiger partial charge on any atom is -0.335 e. The molecule has 1 aliphatic heterocycles. The molecule has 0 aromatic carbocycles. The lowest BCUT2D eigenvalue weighted by molar-refractivity contribution is 0.0741. The molecule has 0 spiro atoms. The molecule has 1 saturated heterocycles.